The molecule has 2 heterocycles. The molecule has 0 saturated heterocycles. The Morgan fingerprint density at radius 2 is 1.66 bits per heavy atom. The zero-order valence-electron chi connectivity index (χ0n) is 19.8. The number of para-hydroxylation sites is 1. The van der Waals surface area contributed by atoms with Gasteiger partial charge in [-0.25, -0.2) is 4.68 Å². The van der Waals surface area contributed by atoms with Crippen molar-refractivity contribution in [3.63, 3.8) is 0 Å². The number of carbonyl (C=O) groups is 1. The number of nitrogens with zero attached hydrogens (tertiary/aromatic N) is 3. The summed E-state index contributed by atoms with van der Waals surface area (Å²) >= 11 is 0. The fraction of sp³-hybridized carbons (Fsp3) is 0.269. The number of pyridine rings is 1. The highest BCUT2D eigenvalue weighted by Crippen LogP contribution is 2.36. The number of carbonyl (C=O) groups excluding carboxylic acids is 1. The molecule has 4 aromatic rings. The smallest absolute Gasteiger partial charge is 0.324 e. The third-order valence-corrected chi connectivity index (χ3v) is 6.04. The highest BCUT2D eigenvalue weighted by Gasteiger charge is 2.36. The topological polar surface area (TPSA) is 68.9 Å². The van der Waals surface area contributed by atoms with E-state index in [0.717, 1.165) is 27.7 Å². The average Bonchev–Trinajstić information content (AvgIpc) is 3.14. The zero-order chi connectivity index (χ0) is 25.5. The van der Waals surface area contributed by atoms with Gasteiger partial charge >= 0.3 is 6.18 Å². The van der Waals surface area contributed by atoms with Crippen molar-refractivity contribution < 1.29 is 18.0 Å². The normalized spacial score (nSPS) is 11.7. The van der Waals surface area contributed by atoms with Gasteiger partial charge in [0.25, 0.3) is 5.56 Å². The number of fused-ring (bicyclic) bond motifs is 1. The lowest BCUT2D eigenvalue weighted by Crippen LogP contribution is -2.30. The predicted octanol–water partition coefficient (Wildman–Crippen LogP) is 5.33. The van der Waals surface area contributed by atoms with Crippen LogP contribution in [0.2, 0.25) is 0 Å². The molecule has 0 bridgehead atoms. The number of aromatic nitrogens is 3. The summed E-state index contributed by atoms with van der Waals surface area (Å²) in [5.41, 5.74) is 1.82. The van der Waals surface area contributed by atoms with E-state index in [0.29, 0.717) is 17.4 Å². The number of amides is 1. The number of alkyl halides is 3. The zero-order valence-corrected chi connectivity index (χ0v) is 19.8. The number of aryl methyl sites for hydroxylation is 4. The number of nitrogens with one attached hydrogen (secondary N) is 1. The number of hydrogen-bond donors (Lipinski definition) is 1. The van der Waals surface area contributed by atoms with Crippen LogP contribution in [0, 0.1) is 20.8 Å². The van der Waals surface area contributed by atoms with E-state index in [1.807, 2.05) is 51.1 Å². The third-order valence-electron chi connectivity index (χ3n) is 6.04. The van der Waals surface area contributed by atoms with Crippen LogP contribution in [-0.2, 0) is 23.9 Å². The van der Waals surface area contributed by atoms with E-state index in [1.165, 1.54) is 11.6 Å². The summed E-state index contributed by atoms with van der Waals surface area (Å²) < 4.78 is 44.0. The molecule has 0 spiro atoms. The van der Waals surface area contributed by atoms with Crippen molar-refractivity contribution in [1.82, 2.24) is 14.3 Å². The lowest BCUT2D eigenvalue weighted by molar-refractivity contribution is -0.136. The summed E-state index contributed by atoms with van der Waals surface area (Å²) in [5, 5.41) is 6.92. The molecule has 0 radical (unpaired) electrons. The Labute approximate surface area is 200 Å². The molecule has 4 rings (SSSR count). The Hall–Kier alpha value is -3.88. The van der Waals surface area contributed by atoms with Crippen LogP contribution >= 0.6 is 0 Å². The van der Waals surface area contributed by atoms with Gasteiger partial charge in [-0.15, -0.1) is 0 Å². The monoisotopic (exact) mass is 482 g/mol. The molecule has 6 nitrogen and oxygen atoms in total. The molecule has 0 aliphatic heterocycles. The lowest BCUT2D eigenvalue weighted by Gasteiger charge is -2.16. The van der Waals surface area contributed by atoms with Crippen LogP contribution in [0.15, 0.2) is 53.3 Å². The molecule has 2 aromatic carbocycles. The molecular formula is C26H25F3N4O2. The van der Waals surface area contributed by atoms with Gasteiger partial charge in [0.2, 0.25) is 5.91 Å². The maximum Gasteiger partial charge on any atom is 0.417 e. The molecule has 1 amide bonds. The molecule has 0 aliphatic rings. The van der Waals surface area contributed by atoms with Crippen LogP contribution in [0.1, 0.15) is 34.9 Å². The van der Waals surface area contributed by atoms with Gasteiger partial charge in [0.05, 0.1) is 22.3 Å². The standard InChI is InChI=1S/C26H25F3N4O2/c1-5-18-9-11-19(12-10-18)33-25-23(17(4)31-33)20(26(27,28)29)13-22(35)32(25)14-21(34)30-24-15(2)7-6-8-16(24)3/h6-13H,5,14H2,1-4H3,(H,30,34). The van der Waals surface area contributed by atoms with Gasteiger partial charge in [-0.05, 0) is 56.0 Å². The van der Waals surface area contributed by atoms with E-state index in [1.54, 1.807) is 12.1 Å². The first-order valence-electron chi connectivity index (χ1n) is 11.2. The van der Waals surface area contributed by atoms with E-state index in [-0.39, 0.29) is 16.7 Å². The Morgan fingerprint density at radius 1 is 1.03 bits per heavy atom. The average molecular weight is 483 g/mol. The summed E-state index contributed by atoms with van der Waals surface area (Å²) in [7, 11) is 0. The van der Waals surface area contributed by atoms with Crippen LogP contribution in [0.3, 0.4) is 0 Å². The summed E-state index contributed by atoms with van der Waals surface area (Å²) in [5.74, 6) is -0.530. The maximum atomic E-state index is 13.9. The number of benzene rings is 2. The summed E-state index contributed by atoms with van der Waals surface area (Å²) in [6.45, 7) is 6.65. The van der Waals surface area contributed by atoms with E-state index < -0.39 is 29.8 Å². The van der Waals surface area contributed by atoms with E-state index in [2.05, 4.69) is 10.4 Å². The van der Waals surface area contributed by atoms with Gasteiger partial charge in [0.15, 0.2) is 0 Å². The SMILES string of the molecule is CCc1ccc(-n2nc(C)c3c(C(F)(F)F)cc(=O)n(CC(=O)Nc4c(C)cccc4C)c32)cc1. The summed E-state index contributed by atoms with van der Waals surface area (Å²) in [4.78, 5) is 25.9. The van der Waals surface area contributed by atoms with Crippen molar-refractivity contribution >= 4 is 22.6 Å². The van der Waals surface area contributed by atoms with Crippen molar-refractivity contribution in [3.05, 3.63) is 86.8 Å². The lowest BCUT2D eigenvalue weighted by atomic mass is 10.1. The van der Waals surface area contributed by atoms with Crippen LogP contribution in [0.25, 0.3) is 16.7 Å². The van der Waals surface area contributed by atoms with Crippen molar-refractivity contribution in [1.29, 1.82) is 0 Å². The molecule has 2 aromatic heterocycles. The Bertz CT molecular complexity index is 1460. The van der Waals surface area contributed by atoms with Crippen LogP contribution < -0.4 is 10.9 Å². The summed E-state index contributed by atoms with van der Waals surface area (Å²) in [6.07, 6.45) is -3.97. The van der Waals surface area contributed by atoms with Gasteiger partial charge in [-0.3, -0.25) is 14.2 Å². The first-order valence-corrected chi connectivity index (χ1v) is 11.2. The molecule has 0 fully saturated rings. The van der Waals surface area contributed by atoms with Crippen molar-refractivity contribution in [3.8, 4) is 5.69 Å². The van der Waals surface area contributed by atoms with E-state index >= 15 is 0 Å². The molecule has 182 valence electrons. The van der Waals surface area contributed by atoms with Gasteiger partial charge < -0.3 is 5.32 Å². The third kappa shape index (κ3) is 4.58. The van der Waals surface area contributed by atoms with E-state index in [9.17, 15) is 22.8 Å². The quantitative estimate of drug-likeness (QED) is 0.418. The van der Waals surface area contributed by atoms with Crippen molar-refractivity contribution in [2.75, 3.05) is 5.32 Å². The second-order valence-electron chi connectivity index (χ2n) is 8.51. The molecule has 0 saturated carbocycles. The van der Waals surface area contributed by atoms with Crippen LogP contribution in [0.4, 0.5) is 18.9 Å². The minimum Gasteiger partial charge on any atom is -0.324 e. The van der Waals surface area contributed by atoms with Gasteiger partial charge in [0, 0.05) is 11.8 Å². The Balaban J connectivity index is 1.90. The van der Waals surface area contributed by atoms with Crippen molar-refractivity contribution in [2.24, 2.45) is 0 Å². The molecule has 9 heteroatoms. The highest BCUT2D eigenvalue weighted by atomic mass is 19.4. The summed E-state index contributed by atoms with van der Waals surface area (Å²) in [6, 6.07) is 13.2. The number of rotatable bonds is 5. The highest BCUT2D eigenvalue weighted by molar-refractivity contribution is 5.93. The number of anilines is 1. The van der Waals surface area contributed by atoms with Crippen LogP contribution in [0.5, 0.6) is 0 Å². The van der Waals surface area contributed by atoms with E-state index in [4.69, 9.17) is 0 Å². The minimum absolute atomic E-state index is 0.0803. The second-order valence-corrected chi connectivity index (χ2v) is 8.51. The number of halogens is 3. The first kappa shape index (κ1) is 24.3. The molecule has 0 atom stereocenters. The molecular weight excluding hydrogens is 457 g/mol. The van der Waals surface area contributed by atoms with Gasteiger partial charge in [-0.2, -0.15) is 18.3 Å². The molecule has 35 heavy (non-hydrogen) atoms. The fourth-order valence-electron chi connectivity index (χ4n) is 4.22. The Morgan fingerprint density at radius 3 is 2.23 bits per heavy atom. The molecule has 1 N–H and O–H groups in total. The first-order chi connectivity index (χ1) is 16.5. The van der Waals surface area contributed by atoms with Crippen LogP contribution in [-0.4, -0.2) is 20.3 Å². The second kappa shape index (κ2) is 9.05. The largest absolute Gasteiger partial charge is 0.417 e. The number of hydrogen-bond acceptors (Lipinski definition) is 3. The Kier molecular flexibility index (Phi) is 6.27. The predicted molar refractivity (Wildman–Crippen MR) is 129 cm³/mol. The minimum atomic E-state index is -4.76. The van der Waals surface area contributed by atoms with Gasteiger partial charge in [-0.1, -0.05) is 37.3 Å². The maximum absolute atomic E-state index is 13.9. The molecule has 0 unspecified atom stereocenters. The molecule has 0 aliphatic carbocycles. The van der Waals surface area contributed by atoms with Gasteiger partial charge in [0.1, 0.15) is 12.2 Å². The fourth-order valence-corrected chi connectivity index (χ4v) is 4.22. The van der Waals surface area contributed by atoms with Crippen molar-refractivity contribution in [2.45, 2.75) is 46.8 Å².